The van der Waals surface area contributed by atoms with E-state index in [4.69, 9.17) is 0 Å². The average Bonchev–Trinajstić information content (AvgIpc) is 2.90. The Morgan fingerprint density at radius 2 is 2.14 bits per heavy atom. The molecule has 1 aromatic rings. The minimum atomic E-state index is 0.802. The fourth-order valence-electron chi connectivity index (χ4n) is 1.28. The van der Waals surface area contributed by atoms with Crippen LogP contribution in [0.25, 0.3) is 0 Å². The molecule has 3 nitrogen and oxygen atoms in total. The lowest BCUT2D eigenvalue weighted by Crippen LogP contribution is -2.23. The zero-order valence-corrected chi connectivity index (χ0v) is 9.58. The van der Waals surface area contributed by atoms with Crippen molar-refractivity contribution >= 4 is 16.5 Å². The molecular weight excluding hydrogens is 194 g/mol. The normalized spacial score (nSPS) is 15.9. The standard InChI is InChI=1S/C10H17N3S/c1-7-8(2)14-10(13-7)12-6-5-11-9-3-4-9/h9,11H,3-6H2,1-2H3,(H,12,13). The van der Waals surface area contributed by atoms with Crippen molar-refractivity contribution in [1.82, 2.24) is 10.3 Å². The predicted molar refractivity (Wildman–Crippen MR) is 61.1 cm³/mol. The fraction of sp³-hybridized carbons (Fsp3) is 0.700. The van der Waals surface area contributed by atoms with Gasteiger partial charge in [0.05, 0.1) is 5.69 Å². The van der Waals surface area contributed by atoms with E-state index in [2.05, 4.69) is 29.5 Å². The van der Waals surface area contributed by atoms with Gasteiger partial charge < -0.3 is 10.6 Å². The maximum absolute atomic E-state index is 4.42. The molecule has 1 fully saturated rings. The van der Waals surface area contributed by atoms with E-state index in [1.54, 1.807) is 11.3 Å². The minimum absolute atomic E-state index is 0.802. The van der Waals surface area contributed by atoms with Crippen LogP contribution >= 0.6 is 11.3 Å². The summed E-state index contributed by atoms with van der Waals surface area (Å²) < 4.78 is 0. The Bertz CT molecular complexity index is 285. The molecule has 1 heterocycles. The van der Waals surface area contributed by atoms with Gasteiger partial charge in [0.15, 0.2) is 5.13 Å². The van der Waals surface area contributed by atoms with Crippen LogP contribution in [0.15, 0.2) is 0 Å². The number of hydrogen-bond acceptors (Lipinski definition) is 4. The Balaban J connectivity index is 1.68. The molecule has 1 saturated carbocycles. The molecule has 14 heavy (non-hydrogen) atoms. The second-order valence-electron chi connectivity index (χ2n) is 3.82. The number of nitrogens with one attached hydrogen (secondary N) is 2. The van der Waals surface area contributed by atoms with Gasteiger partial charge in [0.25, 0.3) is 0 Å². The summed E-state index contributed by atoms with van der Waals surface area (Å²) in [7, 11) is 0. The van der Waals surface area contributed by atoms with E-state index in [0.717, 1.165) is 30.0 Å². The molecule has 0 saturated heterocycles. The van der Waals surface area contributed by atoms with Crippen molar-refractivity contribution in [3.05, 3.63) is 10.6 Å². The van der Waals surface area contributed by atoms with Crippen molar-refractivity contribution in [3.8, 4) is 0 Å². The van der Waals surface area contributed by atoms with Crippen LogP contribution in [0.5, 0.6) is 0 Å². The van der Waals surface area contributed by atoms with Gasteiger partial charge >= 0.3 is 0 Å². The lowest BCUT2D eigenvalue weighted by atomic mass is 10.4. The van der Waals surface area contributed by atoms with Crippen LogP contribution in [0.4, 0.5) is 5.13 Å². The highest BCUT2D eigenvalue weighted by molar-refractivity contribution is 7.15. The second kappa shape index (κ2) is 4.28. The van der Waals surface area contributed by atoms with E-state index in [-0.39, 0.29) is 0 Å². The summed E-state index contributed by atoms with van der Waals surface area (Å²) in [6.45, 7) is 6.19. The lowest BCUT2D eigenvalue weighted by Gasteiger charge is -2.02. The fourth-order valence-corrected chi connectivity index (χ4v) is 2.12. The van der Waals surface area contributed by atoms with Gasteiger partial charge in [0.1, 0.15) is 0 Å². The van der Waals surface area contributed by atoms with Gasteiger partial charge in [-0.15, -0.1) is 11.3 Å². The highest BCUT2D eigenvalue weighted by Gasteiger charge is 2.19. The van der Waals surface area contributed by atoms with Crippen LogP contribution < -0.4 is 10.6 Å². The topological polar surface area (TPSA) is 37.0 Å². The van der Waals surface area contributed by atoms with Crippen LogP contribution in [-0.2, 0) is 0 Å². The van der Waals surface area contributed by atoms with Crippen molar-refractivity contribution < 1.29 is 0 Å². The van der Waals surface area contributed by atoms with E-state index in [1.165, 1.54) is 17.7 Å². The maximum Gasteiger partial charge on any atom is 0.183 e. The summed E-state index contributed by atoms with van der Waals surface area (Å²) >= 11 is 1.74. The van der Waals surface area contributed by atoms with E-state index >= 15 is 0 Å². The Morgan fingerprint density at radius 3 is 2.71 bits per heavy atom. The molecule has 0 bridgehead atoms. The molecule has 1 aliphatic rings. The summed E-state index contributed by atoms with van der Waals surface area (Å²) in [4.78, 5) is 5.73. The molecule has 0 radical (unpaired) electrons. The molecule has 0 atom stereocenters. The zero-order valence-electron chi connectivity index (χ0n) is 8.76. The van der Waals surface area contributed by atoms with E-state index in [9.17, 15) is 0 Å². The first-order valence-corrected chi connectivity index (χ1v) is 5.98. The van der Waals surface area contributed by atoms with Crippen molar-refractivity contribution in [3.63, 3.8) is 0 Å². The van der Waals surface area contributed by atoms with Gasteiger partial charge in [0, 0.05) is 24.0 Å². The average molecular weight is 211 g/mol. The summed E-state index contributed by atoms with van der Waals surface area (Å²) in [6.07, 6.45) is 2.71. The van der Waals surface area contributed by atoms with Crippen molar-refractivity contribution in [2.24, 2.45) is 0 Å². The highest BCUT2D eigenvalue weighted by Crippen LogP contribution is 2.21. The van der Waals surface area contributed by atoms with Gasteiger partial charge in [-0.25, -0.2) is 4.98 Å². The SMILES string of the molecule is Cc1nc(NCCNC2CC2)sc1C. The van der Waals surface area contributed by atoms with Crippen molar-refractivity contribution in [2.45, 2.75) is 32.7 Å². The highest BCUT2D eigenvalue weighted by atomic mass is 32.1. The van der Waals surface area contributed by atoms with Gasteiger partial charge in [-0.05, 0) is 26.7 Å². The summed E-state index contributed by atoms with van der Waals surface area (Å²) in [5.74, 6) is 0. The molecule has 0 spiro atoms. The summed E-state index contributed by atoms with van der Waals surface area (Å²) in [5, 5.41) is 7.85. The van der Waals surface area contributed by atoms with Crippen molar-refractivity contribution in [1.29, 1.82) is 0 Å². The largest absolute Gasteiger partial charge is 0.360 e. The molecule has 4 heteroatoms. The van der Waals surface area contributed by atoms with E-state index in [1.807, 2.05) is 0 Å². The number of rotatable bonds is 5. The molecule has 78 valence electrons. The smallest absolute Gasteiger partial charge is 0.183 e. The summed E-state index contributed by atoms with van der Waals surface area (Å²) in [5.41, 5.74) is 1.15. The number of thiazole rings is 1. The predicted octanol–water partition coefficient (Wildman–Crippen LogP) is 1.92. The van der Waals surface area contributed by atoms with Gasteiger partial charge in [-0.3, -0.25) is 0 Å². The number of anilines is 1. The second-order valence-corrected chi connectivity index (χ2v) is 5.02. The molecule has 2 rings (SSSR count). The molecular formula is C10H17N3S. The van der Waals surface area contributed by atoms with Crippen LogP contribution in [0.2, 0.25) is 0 Å². The van der Waals surface area contributed by atoms with Gasteiger partial charge in [-0.1, -0.05) is 0 Å². The quantitative estimate of drug-likeness (QED) is 0.731. The minimum Gasteiger partial charge on any atom is -0.360 e. The number of aryl methyl sites for hydroxylation is 2. The molecule has 0 aromatic carbocycles. The first kappa shape index (κ1) is 9.93. The number of aromatic nitrogens is 1. The molecule has 1 aromatic heterocycles. The molecule has 2 N–H and O–H groups in total. The van der Waals surface area contributed by atoms with Crippen LogP contribution in [0.3, 0.4) is 0 Å². The summed E-state index contributed by atoms with van der Waals surface area (Å²) in [6, 6.07) is 0.802. The molecule has 0 aliphatic heterocycles. The van der Waals surface area contributed by atoms with Gasteiger partial charge in [0.2, 0.25) is 0 Å². The third-order valence-corrected chi connectivity index (χ3v) is 3.47. The van der Waals surface area contributed by atoms with E-state index in [0.29, 0.717) is 0 Å². The molecule has 0 amide bonds. The Morgan fingerprint density at radius 1 is 1.36 bits per heavy atom. The maximum atomic E-state index is 4.42. The number of hydrogen-bond donors (Lipinski definition) is 2. The third-order valence-electron chi connectivity index (χ3n) is 2.44. The number of nitrogens with zero attached hydrogens (tertiary/aromatic N) is 1. The Kier molecular flexibility index (Phi) is 3.03. The van der Waals surface area contributed by atoms with Crippen LogP contribution in [-0.4, -0.2) is 24.1 Å². The zero-order chi connectivity index (χ0) is 9.97. The molecule has 1 aliphatic carbocycles. The van der Waals surface area contributed by atoms with Crippen LogP contribution in [0, 0.1) is 13.8 Å². The van der Waals surface area contributed by atoms with Crippen LogP contribution in [0.1, 0.15) is 23.4 Å². The first-order chi connectivity index (χ1) is 6.75. The van der Waals surface area contributed by atoms with E-state index < -0.39 is 0 Å². The monoisotopic (exact) mass is 211 g/mol. The Hall–Kier alpha value is -0.610. The Labute approximate surface area is 88.9 Å². The third kappa shape index (κ3) is 2.69. The molecule has 0 unspecified atom stereocenters. The van der Waals surface area contributed by atoms with Gasteiger partial charge in [-0.2, -0.15) is 0 Å². The first-order valence-electron chi connectivity index (χ1n) is 5.17. The lowest BCUT2D eigenvalue weighted by molar-refractivity contribution is 0.701. The van der Waals surface area contributed by atoms with Crippen molar-refractivity contribution in [2.75, 3.05) is 18.4 Å².